The highest BCUT2D eigenvalue weighted by molar-refractivity contribution is 5.76. The van der Waals surface area contributed by atoms with Gasteiger partial charge in [0, 0.05) is 0 Å². The fourth-order valence-corrected chi connectivity index (χ4v) is 1.86. The molecule has 142 valence electrons. The molecule has 2 aromatic rings. The summed E-state index contributed by atoms with van der Waals surface area (Å²) >= 11 is 0. The molecule has 9 heteroatoms. The first-order valence-corrected chi connectivity index (χ1v) is 8.16. The summed E-state index contributed by atoms with van der Waals surface area (Å²) in [4.78, 5) is 40.3. The van der Waals surface area contributed by atoms with Gasteiger partial charge in [-0.15, -0.1) is 0 Å². The van der Waals surface area contributed by atoms with Gasteiger partial charge in [0.2, 0.25) is 0 Å². The third-order valence-corrected chi connectivity index (χ3v) is 3.50. The summed E-state index contributed by atoms with van der Waals surface area (Å²) in [7, 11) is 0. The molecule has 0 bridgehead atoms. The molecule has 0 atom stereocenters. The minimum absolute atomic E-state index is 0.144. The van der Waals surface area contributed by atoms with E-state index in [1.165, 1.54) is 21.8 Å². The second kappa shape index (κ2) is 6.89. The molecular formula is C17H24N4O5. The maximum absolute atomic E-state index is 12.5. The zero-order chi connectivity index (χ0) is 19.7. The van der Waals surface area contributed by atoms with E-state index in [-0.39, 0.29) is 30.5 Å². The lowest BCUT2D eigenvalue weighted by Crippen LogP contribution is -2.28. The Morgan fingerprint density at radius 1 is 1.00 bits per heavy atom. The van der Waals surface area contributed by atoms with E-state index in [0.717, 1.165) is 0 Å². The van der Waals surface area contributed by atoms with Crippen LogP contribution < -0.4 is 5.56 Å². The van der Waals surface area contributed by atoms with Crippen LogP contribution in [-0.4, -0.2) is 31.3 Å². The number of carbonyl (C=O) groups excluding carboxylic acids is 2. The Bertz CT molecular complexity index is 883. The molecule has 9 nitrogen and oxygen atoms in total. The van der Waals surface area contributed by atoms with Gasteiger partial charge in [0.25, 0.3) is 5.56 Å². The van der Waals surface area contributed by atoms with E-state index in [1.54, 1.807) is 41.5 Å². The van der Waals surface area contributed by atoms with Gasteiger partial charge in [-0.1, -0.05) is 0 Å². The lowest BCUT2D eigenvalue weighted by molar-refractivity contribution is -0.157. The van der Waals surface area contributed by atoms with Crippen molar-refractivity contribution in [3.05, 3.63) is 22.9 Å². The predicted molar refractivity (Wildman–Crippen MR) is 92.9 cm³/mol. The number of nitrogens with zero attached hydrogens (tertiary/aromatic N) is 4. The number of esters is 2. The smallest absolute Gasteiger partial charge is 0.313 e. The van der Waals surface area contributed by atoms with Gasteiger partial charge in [-0.05, 0) is 41.5 Å². The second-order valence-corrected chi connectivity index (χ2v) is 8.02. The SMILES string of the molecule is CC(C)(C)C(=O)OCn1cnc2c(cnn2COC(=O)C(C)(C)C)c1=O. The van der Waals surface area contributed by atoms with Crippen LogP contribution in [0.5, 0.6) is 0 Å². The minimum Gasteiger partial charge on any atom is -0.443 e. The molecule has 0 aliphatic rings. The number of aromatic nitrogens is 4. The van der Waals surface area contributed by atoms with Crippen molar-refractivity contribution in [2.24, 2.45) is 10.8 Å². The van der Waals surface area contributed by atoms with Gasteiger partial charge in [0.05, 0.1) is 17.0 Å². The fraction of sp³-hybridized carbons (Fsp3) is 0.588. The van der Waals surface area contributed by atoms with Crippen LogP contribution in [0.15, 0.2) is 17.3 Å². The Morgan fingerprint density at radius 3 is 2.08 bits per heavy atom. The average Bonchev–Trinajstić information content (AvgIpc) is 2.93. The van der Waals surface area contributed by atoms with Crippen molar-refractivity contribution < 1.29 is 19.1 Å². The van der Waals surface area contributed by atoms with Gasteiger partial charge in [0.15, 0.2) is 19.1 Å². The summed E-state index contributed by atoms with van der Waals surface area (Å²) in [5.74, 6) is -0.808. The monoisotopic (exact) mass is 364 g/mol. The molecule has 0 N–H and O–H groups in total. The highest BCUT2D eigenvalue weighted by Crippen LogP contribution is 2.17. The van der Waals surface area contributed by atoms with Crippen LogP contribution >= 0.6 is 0 Å². The van der Waals surface area contributed by atoms with E-state index in [9.17, 15) is 14.4 Å². The summed E-state index contributed by atoms with van der Waals surface area (Å²) < 4.78 is 12.8. The maximum atomic E-state index is 12.5. The molecule has 0 aliphatic carbocycles. The van der Waals surface area contributed by atoms with Crippen LogP contribution in [0.3, 0.4) is 0 Å². The third kappa shape index (κ3) is 4.27. The van der Waals surface area contributed by atoms with Crippen molar-refractivity contribution in [2.75, 3.05) is 0 Å². The molecule has 2 aromatic heterocycles. The number of fused-ring (bicyclic) bond motifs is 1. The van der Waals surface area contributed by atoms with E-state index in [2.05, 4.69) is 10.1 Å². The van der Waals surface area contributed by atoms with Gasteiger partial charge in [-0.25, -0.2) is 9.67 Å². The van der Waals surface area contributed by atoms with Crippen molar-refractivity contribution in [1.29, 1.82) is 0 Å². The molecule has 0 radical (unpaired) electrons. The maximum Gasteiger partial charge on any atom is 0.313 e. The molecule has 0 spiro atoms. The predicted octanol–water partition coefficient (Wildman–Crippen LogP) is 1.69. The number of ether oxygens (including phenoxy) is 2. The molecule has 0 amide bonds. The summed E-state index contributed by atoms with van der Waals surface area (Å²) in [6.07, 6.45) is 2.61. The molecule has 2 rings (SSSR count). The summed E-state index contributed by atoms with van der Waals surface area (Å²) in [6, 6.07) is 0. The molecule has 26 heavy (non-hydrogen) atoms. The Kier molecular flexibility index (Phi) is 5.20. The van der Waals surface area contributed by atoms with Gasteiger partial charge in [-0.3, -0.25) is 19.0 Å². The number of rotatable bonds is 4. The summed E-state index contributed by atoms with van der Waals surface area (Å²) in [5.41, 5.74) is -1.41. The Hall–Kier alpha value is -2.71. The van der Waals surface area contributed by atoms with Crippen molar-refractivity contribution in [1.82, 2.24) is 19.3 Å². The van der Waals surface area contributed by atoms with Gasteiger partial charge in [-0.2, -0.15) is 5.10 Å². The standard InChI is InChI=1S/C17H24N4O5/c1-16(2,3)14(23)25-9-20-8-18-12-11(13(20)22)7-19-21(12)10-26-15(24)17(4,5)6/h7-8H,9-10H2,1-6H3. The van der Waals surface area contributed by atoms with Crippen LogP contribution in [0.25, 0.3) is 11.0 Å². The van der Waals surface area contributed by atoms with Crippen molar-refractivity contribution in [3.8, 4) is 0 Å². The number of carbonyl (C=O) groups is 2. The summed E-state index contributed by atoms with van der Waals surface area (Å²) in [6.45, 7) is 10.0. The second-order valence-electron chi connectivity index (χ2n) is 8.02. The summed E-state index contributed by atoms with van der Waals surface area (Å²) in [5, 5.41) is 4.28. The molecule has 0 aromatic carbocycles. The van der Waals surface area contributed by atoms with Crippen LogP contribution in [0.4, 0.5) is 0 Å². The first-order valence-electron chi connectivity index (χ1n) is 8.16. The first-order chi connectivity index (χ1) is 11.9. The van der Waals surface area contributed by atoms with Gasteiger partial charge < -0.3 is 9.47 Å². The fourth-order valence-electron chi connectivity index (χ4n) is 1.86. The van der Waals surface area contributed by atoms with Crippen LogP contribution in [0.2, 0.25) is 0 Å². The normalized spacial score (nSPS) is 12.2. The molecule has 0 unspecified atom stereocenters. The van der Waals surface area contributed by atoms with E-state index in [0.29, 0.717) is 0 Å². The highest BCUT2D eigenvalue weighted by atomic mass is 16.5. The van der Waals surface area contributed by atoms with E-state index >= 15 is 0 Å². The van der Waals surface area contributed by atoms with Gasteiger partial charge >= 0.3 is 11.9 Å². The van der Waals surface area contributed by atoms with E-state index in [4.69, 9.17) is 9.47 Å². The lowest BCUT2D eigenvalue weighted by Gasteiger charge is -2.17. The Balaban J connectivity index is 2.17. The van der Waals surface area contributed by atoms with Crippen LogP contribution in [0.1, 0.15) is 41.5 Å². The third-order valence-electron chi connectivity index (χ3n) is 3.50. The minimum atomic E-state index is -0.664. The zero-order valence-electron chi connectivity index (χ0n) is 15.9. The quantitative estimate of drug-likeness (QED) is 0.760. The highest BCUT2D eigenvalue weighted by Gasteiger charge is 2.24. The van der Waals surface area contributed by atoms with Crippen molar-refractivity contribution >= 4 is 23.0 Å². The molecule has 0 fully saturated rings. The zero-order valence-corrected chi connectivity index (χ0v) is 15.9. The number of hydrogen-bond donors (Lipinski definition) is 0. The Labute approximate surface area is 150 Å². The molecule has 2 heterocycles. The topological polar surface area (TPSA) is 105 Å². The van der Waals surface area contributed by atoms with Crippen molar-refractivity contribution in [3.63, 3.8) is 0 Å². The van der Waals surface area contributed by atoms with E-state index < -0.39 is 22.4 Å². The first kappa shape index (κ1) is 19.6. The van der Waals surface area contributed by atoms with Crippen LogP contribution in [-0.2, 0) is 32.5 Å². The van der Waals surface area contributed by atoms with E-state index in [1.807, 2.05) is 0 Å². The molecule has 0 saturated carbocycles. The van der Waals surface area contributed by atoms with Gasteiger partial charge in [0.1, 0.15) is 11.7 Å². The lowest BCUT2D eigenvalue weighted by atomic mass is 9.97. The molecule has 0 aliphatic heterocycles. The Morgan fingerprint density at radius 2 is 1.54 bits per heavy atom. The molecule has 0 saturated heterocycles. The van der Waals surface area contributed by atoms with Crippen molar-refractivity contribution in [2.45, 2.75) is 55.0 Å². The number of hydrogen-bond acceptors (Lipinski definition) is 7. The average molecular weight is 364 g/mol. The largest absolute Gasteiger partial charge is 0.443 e. The molecular weight excluding hydrogens is 340 g/mol. The van der Waals surface area contributed by atoms with Crippen LogP contribution in [0, 0.1) is 10.8 Å².